The Hall–Kier alpha value is -2.00. The zero-order valence-electron chi connectivity index (χ0n) is 14.2. The fourth-order valence-corrected chi connectivity index (χ4v) is 2.99. The highest BCUT2D eigenvalue weighted by atomic mass is 16.5. The van der Waals surface area contributed by atoms with Crippen LogP contribution in [0.5, 0.6) is 11.5 Å². The molecule has 0 aromatic heterocycles. The molecule has 24 heavy (non-hydrogen) atoms. The van der Waals surface area contributed by atoms with Crippen molar-refractivity contribution in [3.05, 3.63) is 60.2 Å². The first kappa shape index (κ1) is 16.8. The van der Waals surface area contributed by atoms with Gasteiger partial charge in [-0.1, -0.05) is 36.4 Å². The van der Waals surface area contributed by atoms with Gasteiger partial charge in [-0.2, -0.15) is 0 Å². The quantitative estimate of drug-likeness (QED) is 0.649. The van der Waals surface area contributed by atoms with Crippen molar-refractivity contribution in [3.63, 3.8) is 0 Å². The molecule has 0 atom stereocenters. The van der Waals surface area contributed by atoms with Gasteiger partial charge >= 0.3 is 0 Å². The molecule has 3 nitrogen and oxygen atoms in total. The van der Waals surface area contributed by atoms with E-state index in [2.05, 4.69) is 12.1 Å². The molecule has 1 aliphatic heterocycles. The predicted molar refractivity (Wildman–Crippen MR) is 95.5 cm³/mol. The Bertz CT molecular complexity index is 591. The summed E-state index contributed by atoms with van der Waals surface area (Å²) in [7, 11) is 0. The van der Waals surface area contributed by atoms with Gasteiger partial charge in [-0.15, -0.1) is 0 Å². The van der Waals surface area contributed by atoms with Crippen molar-refractivity contribution >= 4 is 0 Å². The number of hydrogen-bond acceptors (Lipinski definition) is 3. The minimum atomic E-state index is 0.577. The molecule has 1 saturated heterocycles. The highest BCUT2D eigenvalue weighted by Gasteiger charge is 2.13. The second-order valence-electron chi connectivity index (χ2n) is 6.30. The Morgan fingerprint density at radius 3 is 2.42 bits per heavy atom. The predicted octanol–water partition coefficient (Wildman–Crippen LogP) is 4.85. The molecule has 3 heteroatoms. The lowest BCUT2D eigenvalue weighted by molar-refractivity contribution is 0.0620. The lowest BCUT2D eigenvalue weighted by Gasteiger charge is -2.21. The standard InChI is InChI=1S/C21H26O3/c1-2-6-19(7-3-1)17-24-21-10-4-9-20(16-21)23-13-5-8-18-11-14-22-15-12-18/h1-4,6-7,9-10,16,18H,5,8,11-15,17H2. The Morgan fingerprint density at radius 2 is 1.62 bits per heavy atom. The maximum absolute atomic E-state index is 5.88. The molecule has 0 bridgehead atoms. The second kappa shape index (κ2) is 9.33. The largest absolute Gasteiger partial charge is 0.493 e. The molecule has 2 aromatic rings. The highest BCUT2D eigenvalue weighted by Crippen LogP contribution is 2.22. The van der Waals surface area contributed by atoms with E-state index in [1.54, 1.807) is 0 Å². The topological polar surface area (TPSA) is 27.7 Å². The third kappa shape index (κ3) is 5.57. The summed E-state index contributed by atoms with van der Waals surface area (Å²) in [5.41, 5.74) is 1.17. The molecule has 0 aliphatic carbocycles. The van der Waals surface area contributed by atoms with E-state index >= 15 is 0 Å². The van der Waals surface area contributed by atoms with Crippen LogP contribution in [0.4, 0.5) is 0 Å². The van der Waals surface area contributed by atoms with Crippen molar-refractivity contribution in [1.82, 2.24) is 0 Å². The first-order valence-electron chi connectivity index (χ1n) is 8.87. The molecule has 1 heterocycles. The zero-order chi connectivity index (χ0) is 16.5. The van der Waals surface area contributed by atoms with Gasteiger partial charge in [0.2, 0.25) is 0 Å². The van der Waals surface area contributed by atoms with Crippen molar-refractivity contribution in [1.29, 1.82) is 0 Å². The minimum Gasteiger partial charge on any atom is -0.493 e. The molecule has 0 radical (unpaired) electrons. The maximum Gasteiger partial charge on any atom is 0.123 e. The molecule has 1 aliphatic rings. The maximum atomic E-state index is 5.88. The SMILES string of the molecule is c1ccc(COc2cccc(OCCCC3CCOCC3)c2)cc1. The summed E-state index contributed by atoms with van der Waals surface area (Å²) < 4.78 is 17.1. The normalized spacial score (nSPS) is 15.2. The molecule has 1 fully saturated rings. The van der Waals surface area contributed by atoms with Gasteiger partial charge in [0.1, 0.15) is 18.1 Å². The van der Waals surface area contributed by atoms with Crippen LogP contribution < -0.4 is 9.47 Å². The first-order valence-corrected chi connectivity index (χ1v) is 8.87. The van der Waals surface area contributed by atoms with Crippen molar-refractivity contribution < 1.29 is 14.2 Å². The minimum absolute atomic E-state index is 0.577. The van der Waals surface area contributed by atoms with E-state index in [1.165, 1.54) is 24.8 Å². The first-order chi connectivity index (χ1) is 11.9. The average Bonchev–Trinajstić information content (AvgIpc) is 2.66. The van der Waals surface area contributed by atoms with Crippen LogP contribution in [0.3, 0.4) is 0 Å². The van der Waals surface area contributed by atoms with Crippen molar-refractivity contribution in [2.45, 2.75) is 32.3 Å². The summed E-state index contributed by atoms with van der Waals surface area (Å²) >= 11 is 0. The molecule has 0 spiro atoms. The van der Waals surface area contributed by atoms with E-state index in [1.807, 2.05) is 42.5 Å². The fraction of sp³-hybridized carbons (Fsp3) is 0.429. The summed E-state index contributed by atoms with van der Waals surface area (Å²) in [6.45, 7) is 3.19. The van der Waals surface area contributed by atoms with Gasteiger partial charge in [-0.25, -0.2) is 0 Å². The Balaban J connectivity index is 1.39. The fourth-order valence-electron chi connectivity index (χ4n) is 2.99. The van der Waals surface area contributed by atoms with Crippen LogP contribution in [0.2, 0.25) is 0 Å². The van der Waals surface area contributed by atoms with Crippen molar-refractivity contribution in [2.75, 3.05) is 19.8 Å². The number of rotatable bonds is 8. The average molecular weight is 326 g/mol. The molecule has 3 rings (SSSR count). The summed E-state index contributed by atoms with van der Waals surface area (Å²) in [5, 5.41) is 0. The molecule has 0 amide bonds. The Kier molecular flexibility index (Phi) is 6.55. The van der Waals surface area contributed by atoms with E-state index in [-0.39, 0.29) is 0 Å². The molecular weight excluding hydrogens is 300 g/mol. The van der Waals surface area contributed by atoms with E-state index in [0.717, 1.165) is 43.7 Å². The zero-order valence-corrected chi connectivity index (χ0v) is 14.2. The van der Waals surface area contributed by atoms with Crippen LogP contribution in [-0.2, 0) is 11.3 Å². The van der Waals surface area contributed by atoms with E-state index in [9.17, 15) is 0 Å². The van der Waals surface area contributed by atoms with Crippen LogP contribution in [0.1, 0.15) is 31.2 Å². The molecule has 0 unspecified atom stereocenters. The van der Waals surface area contributed by atoms with Gasteiger partial charge in [-0.05, 0) is 49.3 Å². The number of hydrogen-bond donors (Lipinski definition) is 0. The van der Waals surface area contributed by atoms with Gasteiger partial charge in [0.25, 0.3) is 0 Å². The summed E-state index contributed by atoms with van der Waals surface area (Å²) in [6, 6.07) is 18.1. The van der Waals surface area contributed by atoms with Gasteiger partial charge in [0.05, 0.1) is 6.61 Å². The summed E-state index contributed by atoms with van der Waals surface area (Å²) in [6.07, 6.45) is 4.72. The van der Waals surface area contributed by atoms with Crippen molar-refractivity contribution in [2.24, 2.45) is 5.92 Å². The smallest absolute Gasteiger partial charge is 0.123 e. The van der Waals surface area contributed by atoms with Crippen LogP contribution >= 0.6 is 0 Å². The van der Waals surface area contributed by atoms with Gasteiger partial charge in [0, 0.05) is 19.3 Å². The van der Waals surface area contributed by atoms with Crippen LogP contribution in [-0.4, -0.2) is 19.8 Å². The lowest BCUT2D eigenvalue weighted by atomic mass is 9.95. The molecule has 2 aromatic carbocycles. The molecule has 0 saturated carbocycles. The molecular formula is C21H26O3. The third-order valence-electron chi connectivity index (χ3n) is 4.42. The van der Waals surface area contributed by atoms with Crippen LogP contribution in [0.15, 0.2) is 54.6 Å². The van der Waals surface area contributed by atoms with E-state index < -0.39 is 0 Å². The second-order valence-corrected chi connectivity index (χ2v) is 6.30. The number of ether oxygens (including phenoxy) is 3. The monoisotopic (exact) mass is 326 g/mol. The van der Waals surface area contributed by atoms with Crippen LogP contribution in [0.25, 0.3) is 0 Å². The van der Waals surface area contributed by atoms with Crippen molar-refractivity contribution in [3.8, 4) is 11.5 Å². The van der Waals surface area contributed by atoms with Gasteiger partial charge in [0.15, 0.2) is 0 Å². The van der Waals surface area contributed by atoms with Gasteiger partial charge < -0.3 is 14.2 Å². The molecule has 0 N–H and O–H groups in total. The Labute approximate surface area is 144 Å². The van der Waals surface area contributed by atoms with Crippen LogP contribution in [0, 0.1) is 5.92 Å². The molecule has 128 valence electrons. The van der Waals surface area contributed by atoms with E-state index in [0.29, 0.717) is 6.61 Å². The lowest BCUT2D eigenvalue weighted by Crippen LogP contribution is -2.16. The summed E-state index contributed by atoms with van der Waals surface area (Å²) in [5.74, 6) is 2.54. The van der Waals surface area contributed by atoms with Gasteiger partial charge in [-0.3, -0.25) is 0 Å². The summed E-state index contributed by atoms with van der Waals surface area (Å²) in [4.78, 5) is 0. The van der Waals surface area contributed by atoms with E-state index in [4.69, 9.17) is 14.2 Å². The highest BCUT2D eigenvalue weighted by molar-refractivity contribution is 5.33. The number of benzene rings is 2. The third-order valence-corrected chi connectivity index (χ3v) is 4.42. The Morgan fingerprint density at radius 1 is 0.875 bits per heavy atom.